The molecule has 0 fully saturated rings. The molecule has 1 atom stereocenters. The first-order valence-electron chi connectivity index (χ1n) is 5.52. The Morgan fingerprint density at radius 1 is 1.61 bits per heavy atom. The zero-order chi connectivity index (χ0) is 13.8. The van der Waals surface area contributed by atoms with Gasteiger partial charge < -0.3 is 5.73 Å². The first kappa shape index (κ1) is 14.4. The molecule has 0 amide bonds. The Morgan fingerprint density at radius 2 is 2.28 bits per heavy atom. The molecule has 18 heavy (non-hydrogen) atoms. The van der Waals surface area contributed by atoms with E-state index in [9.17, 15) is 8.42 Å². The summed E-state index contributed by atoms with van der Waals surface area (Å²) in [5.74, 6) is -0.377. The predicted octanol–water partition coefficient (Wildman–Crippen LogP) is 0.834. The van der Waals surface area contributed by atoms with Gasteiger partial charge in [-0.15, -0.1) is 0 Å². The predicted molar refractivity (Wildman–Crippen MR) is 67.9 cm³/mol. The summed E-state index contributed by atoms with van der Waals surface area (Å²) in [5, 5.41) is 8.76. The summed E-state index contributed by atoms with van der Waals surface area (Å²) in [5.41, 5.74) is 5.81. The van der Waals surface area contributed by atoms with Crippen LogP contribution in [0.15, 0.2) is 23.4 Å². The molecule has 0 saturated carbocycles. The molecule has 1 rings (SSSR count). The Morgan fingerprint density at radius 3 is 2.78 bits per heavy atom. The van der Waals surface area contributed by atoms with E-state index in [2.05, 4.69) is 4.98 Å². The highest BCUT2D eigenvalue weighted by atomic mass is 32.2. The largest absolute Gasteiger partial charge is 0.398 e. The molecule has 1 heterocycles. The molecule has 7 heteroatoms. The number of hydrogen-bond donors (Lipinski definition) is 1. The molecule has 0 aliphatic carbocycles. The average molecular weight is 268 g/mol. The number of nitrogen functional groups attached to an aromatic ring is 1. The summed E-state index contributed by atoms with van der Waals surface area (Å²) < 4.78 is 25.9. The Kier molecular flexibility index (Phi) is 4.64. The third-order valence-corrected chi connectivity index (χ3v) is 4.47. The van der Waals surface area contributed by atoms with Crippen LogP contribution in [-0.4, -0.2) is 30.8 Å². The molecule has 98 valence electrons. The quantitative estimate of drug-likeness (QED) is 0.852. The third kappa shape index (κ3) is 2.97. The van der Waals surface area contributed by atoms with Gasteiger partial charge in [-0.25, -0.2) is 8.42 Å². The Labute approximate surface area is 107 Å². The van der Waals surface area contributed by atoms with Gasteiger partial charge in [0.15, 0.2) is 0 Å². The second-order valence-electron chi connectivity index (χ2n) is 3.90. The highest BCUT2D eigenvalue weighted by Crippen LogP contribution is 2.21. The number of pyridine rings is 1. The minimum atomic E-state index is -3.69. The van der Waals surface area contributed by atoms with E-state index in [1.54, 1.807) is 13.8 Å². The van der Waals surface area contributed by atoms with Crippen LogP contribution in [-0.2, 0) is 10.0 Å². The molecule has 0 spiro atoms. The summed E-state index contributed by atoms with van der Waals surface area (Å²) in [6.07, 6.45) is 2.66. The Bertz CT molecular complexity index is 550. The SMILES string of the molecule is CCN(CC(C)C#N)S(=O)(=O)c1cnccc1N. The molecule has 1 aromatic heterocycles. The van der Waals surface area contributed by atoms with Gasteiger partial charge in [-0.1, -0.05) is 6.92 Å². The molecule has 0 aliphatic rings. The van der Waals surface area contributed by atoms with Crippen LogP contribution in [0.3, 0.4) is 0 Å². The molecule has 1 unspecified atom stereocenters. The van der Waals surface area contributed by atoms with Gasteiger partial charge in [0.1, 0.15) is 4.90 Å². The monoisotopic (exact) mass is 268 g/mol. The Hall–Kier alpha value is -1.65. The molecule has 2 N–H and O–H groups in total. The van der Waals surface area contributed by atoms with Crippen molar-refractivity contribution >= 4 is 15.7 Å². The van der Waals surface area contributed by atoms with Gasteiger partial charge in [0.2, 0.25) is 10.0 Å². The van der Waals surface area contributed by atoms with Gasteiger partial charge in [0.25, 0.3) is 0 Å². The van der Waals surface area contributed by atoms with Crippen LogP contribution in [0.5, 0.6) is 0 Å². The first-order chi connectivity index (χ1) is 8.43. The van der Waals surface area contributed by atoms with E-state index in [4.69, 9.17) is 11.0 Å². The maximum Gasteiger partial charge on any atom is 0.246 e. The van der Waals surface area contributed by atoms with Crippen molar-refractivity contribution < 1.29 is 8.42 Å². The third-order valence-electron chi connectivity index (χ3n) is 2.48. The molecular formula is C11H16N4O2S. The fourth-order valence-electron chi connectivity index (χ4n) is 1.49. The van der Waals surface area contributed by atoms with Crippen molar-refractivity contribution in [2.45, 2.75) is 18.7 Å². The number of hydrogen-bond acceptors (Lipinski definition) is 5. The van der Waals surface area contributed by atoms with Crippen LogP contribution >= 0.6 is 0 Å². The second-order valence-corrected chi connectivity index (χ2v) is 5.81. The average Bonchev–Trinajstić information content (AvgIpc) is 2.35. The normalized spacial score (nSPS) is 13.2. The summed E-state index contributed by atoms with van der Waals surface area (Å²) in [4.78, 5) is 3.76. The van der Waals surface area contributed by atoms with Crippen molar-refractivity contribution in [2.75, 3.05) is 18.8 Å². The van der Waals surface area contributed by atoms with Crippen LogP contribution in [0.1, 0.15) is 13.8 Å². The van der Waals surface area contributed by atoms with Crippen LogP contribution in [0.25, 0.3) is 0 Å². The van der Waals surface area contributed by atoms with Crippen LogP contribution < -0.4 is 5.73 Å². The minimum absolute atomic E-state index is 0.0167. The zero-order valence-electron chi connectivity index (χ0n) is 10.4. The van der Waals surface area contributed by atoms with E-state index in [0.717, 1.165) is 0 Å². The summed E-state index contributed by atoms with van der Waals surface area (Å²) in [6, 6.07) is 3.45. The number of nitrogens with two attached hydrogens (primary N) is 1. The van der Waals surface area contributed by atoms with Gasteiger partial charge in [-0.05, 0) is 13.0 Å². The number of nitriles is 1. The number of anilines is 1. The molecule has 0 bridgehead atoms. The molecular weight excluding hydrogens is 252 g/mol. The van der Waals surface area contributed by atoms with Crippen molar-refractivity contribution in [3.63, 3.8) is 0 Å². The van der Waals surface area contributed by atoms with Crippen molar-refractivity contribution in [1.82, 2.24) is 9.29 Å². The second kappa shape index (κ2) is 5.80. The van der Waals surface area contributed by atoms with E-state index in [1.807, 2.05) is 6.07 Å². The van der Waals surface area contributed by atoms with Crippen LogP contribution in [0, 0.1) is 17.2 Å². The lowest BCUT2D eigenvalue weighted by Crippen LogP contribution is -2.34. The molecule has 0 aliphatic heterocycles. The zero-order valence-corrected chi connectivity index (χ0v) is 11.2. The van der Waals surface area contributed by atoms with Gasteiger partial charge in [-0.2, -0.15) is 9.57 Å². The number of aromatic nitrogens is 1. The van der Waals surface area contributed by atoms with Crippen LogP contribution in [0.4, 0.5) is 5.69 Å². The van der Waals surface area contributed by atoms with Gasteiger partial charge in [-0.3, -0.25) is 4.98 Å². The fourth-order valence-corrected chi connectivity index (χ4v) is 3.09. The first-order valence-corrected chi connectivity index (χ1v) is 6.96. The smallest absolute Gasteiger partial charge is 0.246 e. The topological polar surface area (TPSA) is 100 Å². The summed E-state index contributed by atoms with van der Waals surface area (Å²) in [6.45, 7) is 3.81. The fraction of sp³-hybridized carbons (Fsp3) is 0.455. The van der Waals surface area contributed by atoms with Crippen molar-refractivity contribution in [3.05, 3.63) is 18.5 Å². The van der Waals surface area contributed by atoms with E-state index in [-0.39, 0.29) is 29.6 Å². The van der Waals surface area contributed by atoms with Crippen LogP contribution in [0.2, 0.25) is 0 Å². The van der Waals surface area contributed by atoms with E-state index >= 15 is 0 Å². The number of nitrogens with zero attached hydrogens (tertiary/aromatic N) is 3. The summed E-state index contributed by atoms with van der Waals surface area (Å²) >= 11 is 0. The minimum Gasteiger partial charge on any atom is -0.398 e. The van der Waals surface area contributed by atoms with E-state index < -0.39 is 10.0 Å². The summed E-state index contributed by atoms with van der Waals surface area (Å²) in [7, 11) is -3.69. The maximum atomic E-state index is 12.3. The molecule has 0 aromatic carbocycles. The van der Waals surface area contributed by atoms with Crippen molar-refractivity contribution in [3.8, 4) is 6.07 Å². The lowest BCUT2D eigenvalue weighted by atomic mass is 10.2. The highest BCUT2D eigenvalue weighted by Gasteiger charge is 2.26. The van der Waals surface area contributed by atoms with E-state index in [1.165, 1.54) is 22.8 Å². The molecule has 1 aromatic rings. The maximum absolute atomic E-state index is 12.3. The highest BCUT2D eigenvalue weighted by molar-refractivity contribution is 7.89. The molecule has 0 saturated heterocycles. The standard InChI is InChI=1S/C11H16N4O2S/c1-3-15(8-9(2)6-12)18(16,17)11-7-14-5-4-10(11)13/h4-5,7,9H,3,8H2,1-2H3,(H2,13,14). The van der Waals surface area contributed by atoms with Crippen molar-refractivity contribution in [2.24, 2.45) is 5.92 Å². The Balaban J connectivity index is 3.13. The number of rotatable bonds is 5. The number of sulfonamides is 1. The van der Waals surface area contributed by atoms with Gasteiger partial charge in [0, 0.05) is 25.5 Å². The van der Waals surface area contributed by atoms with Crippen molar-refractivity contribution in [1.29, 1.82) is 5.26 Å². The molecule has 6 nitrogen and oxygen atoms in total. The lowest BCUT2D eigenvalue weighted by Gasteiger charge is -2.21. The lowest BCUT2D eigenvalue weighted by molar-refractivity contribution is 0.400. The van der Waals surface area contributed by atoms with E-state index in [0.29, 0.717) is 0 Å². The molecule has 0 radical (unpaired) electrons. The van der Waals surface area contributed by atoms with Gasteiger partial charge >= 0.3 is 0 Å². The van der Waals surface area contributed by atoms with Gasteiger partial charge in [0.05, 0.1) is 17.7 Å².